The summed E-state index contributed by atoms with van der Waals surface area (Å²) in [6, 6.07) is 0.276. The van der Waals surface area contributed by atoms with E-state index in [0.717, 1.165) is 24.3 Å². The Hall–Kier alpha value is -1.32. The molecular weight excluding hydrogens is 274 g/mol. The van der Waals surface area contributed by atoms with Gasteiger partial charge in [-0.05, 0) is 75.5 Å². The van der Waals surface area contributed by atoms with Crippen LogP contribution in [0.4, 0.5) is 0 Å². The lowest BCUT2D eigenvalue weighted by Gasteiger charge is -2.59. The second-order valence-electron chi connectivity index (χ2n) is 8.06. The van der Waals surface area contributed by atoms with Crippen molar-refractivity contribution in [2.75, 3.05) is 0 Å². The number of nitrogens with one attached hydrogen (secondary N) is 1. The molecule has 4 aliphatic carbocycles. The molecule has 4 fully saturated rings. The summed E-state index contributed by atoms with van der Waals surface area (Å²) in [7, 11) is 0. The van der Waals surface area contributed by atoms with Crippen molar-refractivity contribution in [2.24, 2.45) is 23.2 Å². The van der Waals surface area contributed by atoms with Crippen molar-refractivity contribution in [3.05, 3.63) is 18.0 Å². The van der Waals surface area contributed by atoms with Gasteiger partial charge in [-0.2, -0.15) is 5.10 Å². The van der Waals surface area contributed by atoms with E-state index in [1.807, 2.05) is 17.8 Å². The average molecular weight is 301 g/mol. The van der Waals surface area contributed by atoms with Crippen LogP contribution >= 0.6 is 0 Å². The number of hydrogen-bond acceptors (Lipinski definition) is 2. The van der Waals surface area contributed by atoms with Crippen molar-refractivity contribution >= 4 is 5.91 Å². The first-order valence-electron chi connectivity index (χ1n) is 8.91. The van der Waals surface area contributed by atoms with Crippen LogP contribution < -0.4 is 5.32 Å². The number of hydrogen-bond donors (Lipinski definition) is 1. The summed E-state index contributed by atoms with van der Waals surface area (Å²) < 4.78 is 1.81. The molecule has 1 amide bonds. The average Bonchev–Trinajstić information content (AvgIpc) is 2.94. The lowest BCUT2D eigenvalue weighted by atomic mass is 9.48. The quantitative estimate of drug-likeness (QED) is 0.928. The maximum Gasteiger partial charge on any atom is 0.254 e. The second-order valence-corrected chi connectivity index (χ2v) is 8.06. The lowest BCUT2D eigenvalue weighted by Crippen LogP contribution is -2.55. The van der Waals surface area contributed by atoms with Crippen molar-refractivity contribution in [2.45, 2.75) is 65.0 Å². The van der Waals surface area contributed by atoms with Crippen LogP contribution in [0.1, 0.15) is 62.7 Å². The van der Waals surface area contributed by atoms with E-state index in [-0.39, 0.29) is 11.9 Å². The molecule has 4 bridgehead atoms. The maximum atomic E-state index is 12.5. The predicted molar refractivity (Wildman–Crippen MR) is 85.4 cm³/mol. The summed E-state index contributed by atoms with van der Waals surface area (Å²) in [5.41, 5.74) is 1.06. The predicted octanol–water partition coefficient (Wildman–Crippen LogP) is 3.24. The Kier molecular flexibility index (Phi) is 3.31. The van der Waals surface area contributed by atoms with Crippen molar-refractivity contribution in [1.82, 2.24) is 15.1 Å². The molecule has 1 N–H and O–H groups in total. The van der Waals surface area contributed by atoms with Gasteiger partial charge in [0, 0.05) is 18.8 Å². The Labute approximate surface area is 132 Å². The van der Waals surface area contributed by atoms with Gasteiger partial charge < -0.3 is 5.32 Å². The summed E-state index contributed by atoms with van der Waals surface area (Å²) in [6.07, 6.45) is 11.9. The third-order valence-electron chi connectivity index (χ3n) is 6.57. The van der Waals surface area contributed by atoms with E-state index in [4.69, 9.17) is 0 Å². The number of carbonyl (C=O) groups is 1. The van der Waals surface area contributed by atoms with Crippen molar-refractivity contribution in [3.8, 4) is 0 Å². The summed E-state index contributed by atoms with van der Waals surface area (Å²) >= 11 is 0. The highest BCUT2D eigenvalue weighted by molar-refractivity contribution is 5.93. The Balaban J connectivity index is 1.47. The number of nitrogens with zero attached hydrogens (tertiary/aromatic N) is 2. The molecule has 4 aliphatic rings. The van der Waals surface area contributed by atoms with Crippen LogP contribution in [0.15, 0.2) is 12.4 Å². The summed E-state index contributed by atoms with van der Waals surface area (Å²) in [5.74, 6) is 2.82. The standard InChI is InChI=1S/C18H27N3O/c1-3-21-11-16(10-19-21)17(22)20-12(2)18-7-13-4-14(8-18)6-15(5-13)9-18/h10-15H,3-9H2,1-2H3,(H,20,22)/t12-,13?,14?,15?,18?/m1/s1. The van der Waals surface area contributed by atoms with Gasteiger partial charge in [0.25, 0.3) is 5.91 Å². The van der Waals surface area contributed by atoms with E-state index in [1.165, 1.54) is 38.5 Å². The molecule has 0 radical (unpaired) electrons. The minimum absolute atomic E-state index is 0.0444. The lowest BCUT2D eigenvalue weighted by molar-refractivity contribution is -0.0688. The molecular formula is C18H27N3O. The highest BCUT2D eigenvalue weighted by atomic mass is 16.1. The Morgan fingerprint density at radius 1 is 1.32 bits per heavy atom. The van der Waals surface area contributed by atoms with E-state index in [0.29, 0.717) is 11.0 Å². The fraction of sp³-hybridized carbons (Fsp3) is 0.778. The Morgan fingerprint density at radius 3 is 2.41 bits per heavy atom. The topological polar surface area (TPSA) is 46.9 Å². The molecule has 1 atom stereocenters. The van der Waals surface area contributed by atoms with Gasteiger partial charge in [-0.3, -0.25) is 9.48 Å². The zero-order chi connectivity index (χ0) is 15.3. The molecule has 22 heavy (non-hydrogen) atoms. The molecule has 4 nitrogen and oxygen atoms in total. The number of amides is 1. The van der Waals surface area contributed by atoms with Gasteiger partial charge in [0.1, 0.15) is 0 Å². The first kappa shape index (κ1) is 14.3. The minimum Gasteiger partial charge on any atom is -0.349 e. The molecule has 4 heteroatoms. The molecule has 0 saturated heterocycles. The number of carbonyl (C=O) groups excluding carboxylic acids is 1. The van der Waals surface area contributed by atoms with E-state index in [1.54, 1.807) is 6.20 Å². The summed E-state index contributed by atoms with van der Waals surface area (Å²) in [4.78, 5) is 12.5. The number of aryl methyl sites for hydroxylation is 1. The maximum absolute atomic E-state index is 12.5. The highest BCUT2D eigenvalue weighted by Crippen LogP contribution is 2.61. The smallest absolute Gasteiger partial charge is 0.254 e. The molecule has 5 rings (SSSR count). The largest absolute Gasteiger partial charge is 0.349 e. The molecule has 1 heterocycles. The van der Waals surface area contributed by atoms with Crippen LogP contribution in [-0.4, -0.2) is 21.7 Å². The monoisotopic (exact) mass is 301 g/mol. The first-order chi connectivity index (χ1) is 10.6. The molecule has 0 aromatic carbocycles. The van der Waals surface area contributed by atoms with Gasteiger partial charge in [0.2, 0.25) is 0 Å². The van der Waals surface area contributed by atoms with Crippen LogP contribution in [0.5, 0.6) is 0 Å². The fourth-order valence-electron chi connectivity index (χ4n) is 5.79. The van der Waals surface area contributed by atoms with Crippen LogP contribution in [0.25, 0.3) is 0 Å². The third-order valence-corrected chi connectivity index (χ3v) is 6.57. The fourth-order valence-corrected chi connectivity index (χ4v) is 5.79. The Bertz CT molecular complexity index is 541. The molecule has 0 aliphatic heterocycles. The van der Waals surface area contributed by atoms with E-state index in [2.05, 4.69) is 17.3 Å². The molecule has 120 valence electrons. The summed E-state index contributed by atoms with van der Waals surface area (Å²) in [6.45, 7) is 5.07. The number of aromatic nitrogens is 2. The Morgan fingerprint density at radius 2 is 1.91 bits per heavy atom. The zero-order valence-electron chi connectivity index (χ0n) is 13.7. The van der Waals surface area contributed by atoms with Gasteiger partial charge in [0.05, 0.1) is 11.8 Å². The molecule has 0 spiro atoms. The third kappa shape index (κ3) is 2.27. The van der Waals surface area contributed by atoms with Gasteiger partial charge in [0.15, 0.2) is 0 Å². The highest BCUT2D eigenvalue weighted by Gasteiger charge is 2.53. The van der Waals surface area contributed by atoms with Gasteiger partial charge in [-0.1, -0.05) is 0 Å². The summed E-state index contributed by atoms with van der Waals surface area (Å²) in [5, 5.41) is 7.51. The molecule has 0 unspecified atom stereocenters. The van der Waals surface area contributed by atoms with Crippen molar-refractivity contribution < 1.29 is 4.79 Å². The second kappa shape index (κ2) is 5.10. The van der Waals surface area contributed by atoms with Crippen molar-refractivity contribution in [3.63, 3.8) is 0 Å². The van der Waals surface area contributed by atoms with Gasteiger partial charge >= 0.3 is 0 Å². The molecule has 4 saturated carbocycles. The van der Waals surface area contributed by atoms with Gasteiger partial charge in [-0.25, -0.2) is 0 Å². The normalized spacial score (nSPS) is 37.3. The molecule has 1 aromatic heterocycles. The van der Waals surface area contributed by atoms with E-state index in [9.17, 15) is 4.79 Å². The van der Waals surface area contributed by atoms with Crippen LogP contribution in [0.3, 0.4) is 0 Å². The van der Waals surface area contributed by atoms with E-state index < -0.39 is 0 Å². The van der Waals surface area contributed by atoms with Crippen LogP contribution in [0.2, 0.25) is 0 Å². The SMILES string of the molecule is CCn1cc(C(=O)N[C@H](C)C23CC4CC(CC(C4)C2)C3)cn1. The number of rotatable bonds is 4. The van der Waals surface area contributed by atoms with Gasteiger partial charge in [-0.15, -0.1) is 0 Å². The van der Waals surface area contributed by atoms with Crippen LogP contribution in [0, 0.1) is 23.2 Å². The molecule has 1 aromatic rings. The van der Waals surface area contributed by atoms with E-state index >= 15 is 0 Å². The minimum atomic E-state index is 0.0444. The van der Waals surface area contributed by atoms with Crippen molar-refractivity contribution in [1.29, 1.82) is 0 Å². The van der Waals surface area contributed by atoms with Crippen LogP contribution in [-0.2, 0) is 6.54 Å². The zero-order valence-corrected chi connectivity index (χ0v) is 13.7. The first-order valence-corrected chi connectivity index (χ1v) is 8.91.